The van der Waals surface area contributed by atoms with Crippen molar-refractivity contribution in [2.75, 3.05) is 39.3 Å². The Bertz CT molecular complexity index is 480. The summed E-state index contributed by atoms with van der Waals surface area (Å²) in [6.45, 7) is 18.3. The lowest BCUT2D eigenvalue weighted by molar-refractivity contribution is -0.0867. The average molecular weight is 461 g/mol. The largest absolute Gasteiger partial charge is 0.501 e. The molecule has 6 saturated heterocycles. The van der Waals surface area contributed by atoms with Gasteiger partial charge in [-0.2, -0.15) is 0 Å². The molecular weight excluding hydrogens is 420 g/mol. The van der Waals surface area contributed by atoms with Gasteiger partial charge in [0.2, 0.25) is 0 Å². The molecule has 0 radical (unpaired) electrons. The summed E-state index contributed by atoms with van der Waals surface area (Å²) in [6, 6.07) is 1.35. The highest BCUT2D eigenvalue weighted by atomic mass is 28.4. The SMILES string of the molecule is C[C@@H]1CN2C[C@@H](C)O[Si](CC[Si]34O[C@H](C)CN(C[C@H](C)O3)C[C@H](C)O4)(O1)O[C@@H](C)C2. The van der Waals surface area contributed by atoms with Gasteiger partial charge in [0.05, 0.1) is 36.6 Å². The molecule has 174 valence electrons. The van der Waals surface area contributed by atoms with Crippen LogP contribution in [0.2, 0.25) is 12.1 Å². The molecule has 6 fully saturated rings. The Kier molecular flexibility index (Phi) is 7.11. The van der Waals surface area contributed by atoms with Crippen LogP contribution in [-0.2, 0) is 26.6 Å². The Morgan fingerprint density at radius 1 is 0.467 bits per heavy atom. The summed E-state index contributed by atoms with van der Waals surface area (Å²) in [4.78, 5) is 4.78. The van der Waals surface area contributed by atoms with E-state index in [0.29, 0.717) is 12.1 Å². The van der Waals surface area contributed by atoms with Crippen LogP contribution in [0.1, 0.15) is 41.5 Å². The molecule has 0 aromatic carbocycles. The van der Waals surface area contributed by atoms with Crippen molar-refractivity contribution in [1.82, 2.24) is 9.80 Å². The third-order valence-corrected chi connectivity index (χ3v) is 12.9. The highest BCUT2D eigenvalue weighted by molar-refractivity contribution is 6.66. The van der Waals surface area contributed by atoms with Gasteiger partial charge in [0.1, 0.15) is 0 Å². The van der Waals surface area contributed by atoms with E-state index in [1.807, 2.05) is 0 Å². The van der Waals surface area contributed by atoms with Crippen molar-refractivity contribution in [2.45, 2.75) is 90.3 Å². The van der Waals surface area contributed by atoms with E-state index in [2.05, 4.69) is 51.3 Å². The Labute approximate surface area is 183 Å². The predicted octanol–water partition coefficient (Wildman–Crippen LogP) is 1.95. The Balaban J connectivity index is 1.57. The fraction of sp³-hybridized carbons (Fsp3) is 1.00. The van der Waals surface area contributed by atoms with Gasteiger partial charge in [0, 0.05) is 51.4 Å². The van der Waals surface area contributed by atoms with Crippen molar-refractivity contribution in [1.29, 1.82) is 0 Å². The Morgan fingerprint density at radius 3 is 0.867 bits per heavy atom. The van der Waals surface area contributed by atoms with Crippen molar-refractivity contribution in [3.05, 3.63) is 0 Å². The van der Waals surface area contributed by atoms with E-state index in [1.165, 1.54) is 0 Å². The summed E-state index contributed by atoms with van der Waals surface area (Å²) in [6.07, 6.45) is 0.492. The van der Waals surface area contributed by atoms with Gasteiger partial charge in [-0.25, -0.2) is 0 Å². The van der Waals surface area contributed by atoms with Crippen molar-refractivity contribution < 1.29 is 26.6 Å². The minimum absolute atomic E-state index is 0.0820. The van der Waals surface area contributed by atoms with Gasteiger partial charge in [-0.15, -0.1) is 0 Å². The van der Waals surface area contributed by atoms with Crippen LogP contribution in [0.5, 0.6) is 0 Å². The van der Waals surface area contributed by atoms with Crippen LogP contribution in [0.25, 0.3) is 0 Å². The maximum atomic E-state index is 6.55. The van der Waals surface area contributed by atoms with Crippen LogP contribution in [0.3, 0.4) is 0 Å². The van der Waals surface area contributed by atoms with Crippen LogP contribution in [0.4, 0.5) is 0 Å². The molecule has 10 heteroatoms. The van der Waals surface area contributed by atoms with E-state index in [4.69, 9.17) is 26.6 Å². The van der Waals surface area contributed by atoms with Gasteiger partial charge in [0.15, 0.2) is 0 Å². The summed E-state index contributed by atoms with van der Waals surface area (Å²) in [5.41, 5.74) is 0. The lowest BCUT2D eigenvalue weighted by Crippen LogP contribution is -2.64. The highest BCUT2D eigenvalue weighted by Gasteiger charge is 2.55. The molecule has 6 aliphatic rings. The van der Waals surface area contributed by atoms with Crippen LogP contribution in [0, 0.1) is 0 Å². The fourth-order valence-electron chi connectivity index (χ4n) is 5.52. The highest BCUT2D eigenvalue weighted by Crippen LogP contribution is 2.35. The van der Waals surface area contributed by atoms with Gasteiger partial charge in [-0.1, -0.05) is 0 Å². The first-order valence-electron chi connectivity index (χ1n) is 11.7. The number of hydrogen-bond donors (Lipinski definition) is 0. The van der Waals surface area contributed by atoms with E-state index in [0.717, 1.165) is 39.3 Å². The second-order valence-electron chi connectivity index (χ2n) is 9.87. The summed E-state index contributed by atoms with van der Waals surface area (Å²) < 4.78 is 39.3. The summed E-state index contributed by atoms with van der Waals surface area (Å²) in [5, 5.41) is 0. The molecule has 30 heavy (non-hydrogen) atoms. The molecule has 0 unspecified atom stereocenters. The minimum atomic E-state index is -2.90. The maximum absolute atomic E-state index is 6.55. The molecule has 6 rings (SSSR count). The quantitative estimate of drug-likeness (QED) is 0.593. The monoisotopic (exact) mass is 460 g/mol. The Hall–Kier alpha value is 0.114. The van der Waals surface area contributed by atoms with E-state index in [1.54, 1.807) is 0 Å². The molecule has 8 nitrogen and oxygen atoms in total. The van der Waals surface area contributed by atoms with E-state index in [-0.39, 0.29) is 36.6 Å². The first-order valence-corrected chi connectivity index (χ1v) is 15.5. The van der Waals surface area contributed by atoms with Crippen molar-refractivity contribution in [3.8, 4) is 0 Å². The normalized spacial score (nSPS) is 52.6. The number of hydrogen-bond acceptors (Lipinski definition) is 8. The van der Waals surface area contributed by atoms with Crippen LogP contribution < -0.4 is 0 Å². The van der Waals surface area contributed by atoms with E-state index >= 15 is 0 Å². The Morgan fingerprint density at radius 2 is 0.667 bits per heavy atom. The molecule has 0 aromatic heterocycles. The molecule has 0 N–H and O–H groups in total. The average Bonchev–Trinajstić information content (AvgIpc) is 2.53. The summed E-state index contributed by atoms with van der Waals surface area (Å²) in [7, 11) is -5.80. The third kappa shape index (κ3) is 5.53. The van der Waals surface area contributed by atoms with Crippen LogP contribution in [-0.4, -0.2) is 103 Å². The molecule has 0 spiro atoms. The molecule has 0 saturated carbocycles. The van der Waals surface area contributed by atoms with Crippen LogP contribution >= 0.6 is 0 Å². The smallest absolute Gasteiger partial charge is 0.369 e. The molecule has 6 atom stereocenters. The van der Waals surface area contributed by atoms with E-state index < -0.39 is 17.6 Å². The van der Waals surface area contributed by atoms with Gasteiger partial charge in [-0.3, -0.25) is 9.80 Å². The molecule has 4 bridgehead atoms. The minimum Gasteiger partial charge on any atom is -0.369 e. The maximum Gasteiger partial charge on any atom is 0.501 e. The van der Waals surface area contributed by atoms with Crippen molar-refractivity contribution in [2.24, 2.45) is 0 Å². The number of rotatable bonds is 3. The number of nitrogens with zero attached hydrogens (tertiary/aromatic N) is 2. The predicted molar refractivity (Wildman–Crippen MR) is 117 cm³/mol. The fourth-order valence-corrected chi connectivity index (χ4v) is 13.1. The third-order valence-electron chi connectivity index (χ3n) is 6.11. The van der Waals surface area contributed by atoms with Crippen LogP contribution in [0.15, 0.2) is 0 Å². The second-order valence-corrected chi connectivity index (χ2v) is 15.0. The van der Waals surface area contributed by atoms with Crippen molar-refractivity contribution in [3.63, 3.8) is 0 Å². The molecule has 0 amide bonds. The zero-order valence-electron chi connectivity index (χ0n) is 19.5. The standard InChI is InChI=1S/C20H40N2O6Si2/c1-15-9-21-10-16(2)24-29(23-15,25-17(3)11-21)7-8-30-26-18(4)12-22(13-19(5)27-30)14-20(6)28-30/h15-20H,7-14H2,1-6H3/t15-,16-,17+,18-,19+,20+. The zero-order chi connectivity index (χ0) is 21.5. The lowest BCUT2D eigenvalue weighted by atomic mass is 10.2. The van der Waals surface area contributed by atoms with Gasteiger partial charge in [0.25, 0.3) is 0 Å². The van der Waals surface area contributed by atoms with E-state index in [9.17, 15) is 0 Å². The zero-order valence-corrected chi connectivity index (χ0v) is 21.5. The first-order chi connectivity index (χ1) is 14.1. The first kappa shape index (κ1) is 23.3. The molecule has 0 aromatic rings. The molecule has 6 aliphatic heterocycles. The topological polar surface area (TPSA) is 61.9 Å². The van der Waals surface area contributed by atoms with Crippen molar-refractivity contribution >= 4 is 17.6 Å². The molecule has 6 heterocycles. The number of fused-ring (bicyclic) bond motifs is 12. The van der Waals surface area contributed by atoms with Gasteiger partial charge < -0.3 is 26.6 Å². The summed E-state index contributed by atoms with van der Waals surface area (Å²) >= 11 is 0. The van der Waals surface area contributed by atoms with Gasteiger partial charge >= 0.3 is 17.6 Å². The second kappa shape index (κ2) is 9.16. The lowest BCUT2D eigenvalue weighted by Gasteiger charge is -2.48. The molecular formula is C20H40N2O6Si2. The van der Waals surface area contributed by atoms with Gasteiger partial charge in [-0.05, 0) is 41.5 Å². The molecule has 0 aliphatic carbocycles. The summed E-state index contributed by atoms with van der Waals surface area (Å²) in [5.74, 6) is 0.